The lowest BCUT2D eigenvalue weighted by Crippen LogP contribution is -2.31. The van der Waals surface area contributed by atoms with Crippen LogP contribution >= 0.6 is 0 Å². The number of hydrogen-bond donors (Lipinski definition) is 1. The number of anilines is 1. The third-order valence-corrected chi connectivity index (χ3v) is 3.84. The van der Waals surface area contributed by atoms with Crippen molar-refractivity contribution < 1.29 is 0 Å². The van der Waals surface area contributed by atoms with Crippen LogP contribution in [0.4, 0.5) is 5.69 Å². The average Bonchev–Trinajstić information content (AvgIpc) is 3.21. The standard InChI is InChI=1S/C18H30N2/c1-5-10-19-12-16-11-15(4)6-9-18(16)20(13-14(2)3)17-7-8-17/h6,9,11,14,17,19H,5,7-8,10,12-13H2,1-4H3. The summed E-state index contributed by atoms with van der Waals surface area (Å²) in [6, 6.07) is 7.73. The maximum absolute atomic E-state index is 3.56. The van der Waals surface area contributed by atoms with E-state index in [0.717, 1.165) is 19.1 Å². The molecule has 0 unspecified atom stereocenters. The summed E-state index contributed by atoms with van der Waals surface area (Å²) in [5.41, 5.74) is 4.28. The quantitative estimate of drug-likeness (QED) is 0.717. The van der Waals surface area contributed by atoms with E-state index in [1.54, 1.807) is 0 Å². The summed E-state index contributed by atoms with van der Waals surface area (Å²) in [6.07, 6.45) is 3.92. The van der Waals surface area contributed by atoms with Gasteiger partial charge in [0.25, 0.3) is 0 Å². The second-order valence-corrected chi connectivity index (χ2v) is 6.59. The molecule has 0 spiro atoms. The number of rotatable bonds is 8. The van der Waals surface area contributed by atoms with Gasteiger partial charge in [0.15, 0.2) is 0 Å². The number of hydrogen-bond acceptors (Lipinski definition) is 2. The van der Waals surface area contributed by atoms with E-state index in [4.69, 9.17) is 0 Å². The summed E-state index contributed by atoms with van der Waals surface area (Å²) in [7, 11) is 0. The zero-order valence-electron chi connectivity index (χ0n) is 13.6. The summed E-state index contributed by atoms with van der Waals surface area (Å²) in [4.78, 5) is 2.65. The Hall–Kier alpha value is -1.02. The highest BCUT2D eigenvalue weighted by Crippen LogP contribution is 2.34. The highest BCUT2D eigenvalue weighted by Gasteiger charge is 2.30. The molecule has 1 aliphatic rings. The molecule has 0 aromatic heterocycles. The van der Waals surface area contributed by atoms with Crippen molar-refractivity contribution in [2.75, 3.05) is 18.0 Å². The molecule has 20 heavy (non-hydrogen) atoms. The van der Waals surface area contributed by atoms with Gasteiger partial charge in [0.1, 0.15) is 0 Å². The van der Waals surface area contributed by atoms with Crippen molar-refractivity contribution in [3.05, 3.63) is 29.3 Å². The summed E-state index contributed by atoms with van der Waals surface area (Å²) >= 11 is 0. The smallest absolute Gasteiger partial charge is 0.0414 e. The van der Waals surface area contributed by atoms with Crippen LogP contribution in [0.2, 0.25) is 0 Å². The second kappa shape index (κ2) is 7.12. The molecule has 1 saturated carbocycles. The molecule has 0 aliphatic heterocycles. The highest BCUT2D eigenvalue weighted by molar-refractivity contribution is 5.56. The van der Waals surface area contributed by atoms with Crippen LogP contribution in [0.15, 0.2) is 18.2 Å². The second-order valence-electron chi connectivity index (χ2n) is 6.59. The molecule has 1 fully saturated rings. The first-order chi connectivity index (χ1) is 9.61. The number of benzene rings is 1. The Bertz CT molecular complexity index is 421. The Balaban J connectivity index is 2.18. The fourth-order valence-corrected chi connectivity index (χ4v) is 2.76. The Morgan fingerprint density at radius 1 is 1.30 bits per heavy atom. The molecule has 1 N–H and O–H groups in total. The van der Waals surface area contributed by atoms with Crippen molar-refractivity contribution in [2.24, 2.45) is 5.92 Å². The number of nitrogens with zero attached hydrogens (tertiary/aromatic N) is 1. The molecule has 0 atom stereocenters. The van der Waals surface area contributed by atoms with Crippen molar-refractivity contribution in [1.82, 2.24) is 5.32 Å². The molecular formula is C18H30N2. The minimum atomic E-state index is 0.716. The largest absolute Gasteiger partial charge is 0.368 e. The molecule has 0 saturated heterocycles. The predicted molar refractivity (Wildman–Crippen MR) is 88.4 cm³/mol. The molecule has 1 aromatic rings. The molecule has 2 rings (SSSR count). The average molecular weight is 274 g/mol. The molecular weight excluding hydrogens is 244 g/mol. The van der Waals surface area contributed by atoms with Gasteiger partial charge in [-0.15, -0.1) is 0 Å². The normalized spacial score (nSPS) is 14.8. The predicted octanol–water partition coefficient (Wildman–Crippen LogP) is 4.12. The first-order valence-electron chi connectivity index (χ1n) is 8.18. The fourth-order valence-electron chi connectivity index (χ4n) is 2.76. The van der Waals surface area contributed by atoms with E-state index >= 15 is 0 Å². The van der Waals surface area contributed by atoms with Gasteiger partial charge in [0, 0.05) is 24.8 Å². The van der Waals surface area contributed by atoms with Gasteiger partial charge in [0.05, 0.1) is 0 Å². The molecule has 2 nitrogen and oxygen atoms in total. The Labute approximate surface area is 124 Å². The summed E-state index contributed by atoms with van der Waals surface area (Å²) in [5, 5.41) is 3.56. The van der Waals surface area contributed by atoms with Crippen molar-refractivity contribution in [3.63, 3.8) is 0 Å². The topological polar surface area (TPSA) is 15.3 Å². The summed E-state index contributed by atoms with van der Waals surface area (Å²) in [6.45, 7) is 12.3. The van der Waals surface area contributed by atoms with Gasteiger partial charge in [-0.2, -0.15) is 0 Å². The zero-order chi connectivity index (χ0) is 14.5. The number of aryl methyl sites for hydroxylation is 1. The molecule has 1 aromatic carbocycles. The molecule has 0 radical (unpaired) electrons. The summed E-state index contributed by atoms with van der Waals surface area (Å²) < 4.78 is 0. The van der Waals surface area contributed by atoms with Gasteiger partial charge >= 0.3 is 0 Å². The van der Waals surface area contributed by atoms with E-state index < -0.39 is 0 Å². The van der Waals surface area contributed by atoms with E-state index in [2.05, 4.69) is 56.1 Å². The van der Waals surface area contributed by atoms with Crippen LogP contribution in [0.3, 0.4) is 0 Å². The van der Waals surface area contributed by atoms with Crippen LogP contribution in [0.1, 0.15) is 51.2 Å². The third-order valence-electron chi connectivity index (χ3n) is 3.84. The third kappa shape index (κ3) is 4.24. The van der Waals surface area contributed by atoms with Gasteiger partial charge in [-0.05, 0) is 50.3 Å². The van der Waals surface area contributed by atoms with Crippen LogP contribution in [0.25, 0.3) is 0 Å². The van der Waals surface area contributed by atoms with Gasteiger partial charge in [0.2, 0.25) is 0 Å². The first-order valence-corrected chi connectivity index (χ1v) is 8.18. The molecule has 0 heterocycles. The van der Waals surface area contributed by atoms with Crippen molar-refractivity contribution >= 4 is 5.69 Å². The number of nitrogens with one attached hydrogen (secondary N) is 1. The van der Waals surface area contributed by atoms with E-state index in [1.165, 1.54) is 42.6 Å². The van der Waals surface area contributed by atoms with Crippen LogP contribution in [-0.4, -0.2) is 19.1 Å². The maximum atomic E-state index is 3.56. The lowest BCUT2D eigenvalue weighted by atomic mass is 10.1. The highest BCUT2D eigenvalue weighted by atomic mass is 15.2. The van der Waals surface area contributed by atoms with Crippen molar-refractivity contribution in [1.29, 1.82) is 0 Å². The van der Waals surface area contributed by atoms with Crippen LogP contribution in [0.5, 0.6) is 0 Å². The Morgan fingerprint density at radius 2 is 2.05 bits per heavy atom. The van der Waals surface area contributed by atoms with Crippen molar-refractivity contribution in [3.8, 4) is 0 Å². The molecule has 2 heteroatoms. The minimum Gasteiger partial charge on any atom is -0.368 e. The van der Waals surface area contributed by atoms with Gasteiger partial charge < -0.3 is 10.2 Å². The molecule has 1 aliphatic carbocycles. The maximum Gasteiger partial charge on any atom is 0.0414 e. The van der Waals surface area contributed by atoms with Crippen LogP contribution < -0.4 is 10.2 Å². The monoisotopic (exact) mass is 274 g/mol. The summed E-state index contributed by atoms with van der Waals surface area (Å²) in [5.74, 6) is 0.716. The van der Waals surface area contributed by atoms with Crippen LogP contribution in [-0.2, 0) is 6.54 Å². The Kier molecular flexibility index (Phi) is 5.47. The zero-order valence-corrected chi connectivity index (χ0v) is 13.6. The van der Waals surface area contributed by atoms with Crippen molar-refractivity contribution in [2.45, 2.75) is 59.5 Å². The lowest BCUT2D eigenvalue weighted by Gasteiger charge is -2.29. The fraction of sp³-hybridized carbons (Fsp3) is 0.667. The van der Waals surface area contributed by atoms with Gasteiger partial charge in [-0.3, -0.25) is 0 Å². The lowest BCUT2D eigenvalue weighted by molar-refractivity contribution is 0.602. The SMILES string of the molecule is CCCNCc1cc(C)ccc1N(CC(C)C)C1CC1. The van der Waals surface area contributed by atoms with E-state index in [1.807, 2.05) is 0 Å². The van der Waals surface area contributed by atoms with Crippen LogP contribution in [0, 0.1) is 12.8 Å². The molecule has 112 valence electrons. The molecule has 0 bridgehead atoms. The van der Waals surface area contributed by atoms with E-state index in [0.29, 0.717) is 5.92 Å². The Morgan fingerprint density at radius 3 is 2.65 bits per heavy atom. The van der Waals surface area contributed by atoms with E-state index in [-0.39, 0.29) is 0 Å². The van der Waals surface area contributed by atoms with Gasteiger partial charge in [-0.25, -0.2) is 0 Å². The molecule has 0 amide bonds. The minimum absolute atomic E-state index is 0.716. The van der Waals surface area contributed by atoms with E-state index in [9.17, 15) is 0 Å². The van der Waals surface area contributed by atoms with Gasteiger partial charge in [-0.1, -0.05) is 38.5 Å². The first kappa shape index (κ1) is 15.4.